The van der Waals surface area contributed by atoms with Crippen molar-refractivity contribution in [3.8, 4) is 0 Å². The number of methoxy groups -OCH3 is 1. The summed E-state index contributed by atoms with van der Waals surface area (Å²) < 4.78 is 4.96. The van der Waals surface area contributed by atoms with Crippen LogP contribution in [0, 0.1) is 0 Å². The molecular weight excluding hydrogens is 240 g/mol. The smallest absolute Gasteiger partial charge is 0.157 e. The minimum absolute atomic E-state index is 0.0204. The summed E-state index contributed by atoms with van der Waals surface area (Å²) in [6.45, 7) is 12.6. The largest absolute Gasteiger partial charge is 0.500 e. The lowest BCUT2D eigenvalue weighted by Gasteiger charge is -2.02. The fourth-order valence-corrected chi connectivity index (χ4v) is 1.04. The maximum atomic E-state index is 11.2. The summed E-state index contributed by atoms with van der Waals surface area (Å²) in [5, 5.41) is 0. The molecule has 4 nitrogen and oxygen atoms in total. The zero-order valence-electron chi connectivity index (χ0n) is 12.6. The third kappa shape index (κ3) is 6.50. The van der Waals surface area contributed by atoms with E-state index in [2.05, 4.69) is 16.6 Å². The van der Waals surface area contributed by atoms with Gasteiger partial charge in [0, 0.05) is 28.8 Å². The Morgan fingerprint density at radius 1 is 1.16 bits per heavy atom. The molecule has 0 aromatic carbocycles. The first-order valence-electron chi connectivity index (χ1n) is 5.96. The predicted molar refractivity (Wildman–Crippen MR) is 80.6 cm³/mol. The minimum atomic E-state index is 0.0204. The van der Waals surface area contributed by atoms with E-state index < -0.39 is 0 Å². The highest BCUT2D eigenvalue weighted by Gasteiger charge is 2.02. The van der Waals surface area contributed by atoms with Crippen molar-refractivity contribution in [2.45, 2.75) is 34.6 Å². The maximum absolute atomic E-state index is 11.2. The summed E-state index contributed by atoms with van der Waals surface area (Å²) in [6, 6.07) is 0. The number of rotatable bonds is 6. The summed E-state index contributed by atoms with van der Waals surface area (Å²) >= 11 is 0. The first kappa shape index (κ1) is 17.0. The van der Waals surface area contributed by atoms with Crippen LogP contribution in [0.3, 0.4) is 0 Å². The Labute approximate surface area is 115 Å². The SMILES string of the molecule is C=C(/C=N\C=C(/C)OC)/C(C)=N/C(C)=C(\C)C(C)=O. The van der Waals surface area contributed by atoms with Crippen molar-refractivity contribution in [3.05, 3.63) is 35.4 Å². The number of hydrogen-bond donors (Lipinski definition) is 0. The van der Waals surface area contributed by atoms with E-state index in [1.165, 1.54) is 6.92 Å². The topological polar surface area (TPSA) is 51.0 Å². The summed E-state index contributed by atoms with van der Waals surface area (Å²) in [7, 11) is 1.58. The molecule has 0 aliphatic carbocycles. The van der Waals surface area contributed by atoms with Gasteiger partial charge in [0.05, 0.1) is 13.3 Å². The Hall–Kier alpha value is -1.97. The van der Waals surface area contributed by atoms with Crippen LogP contribution in [0.2, 0.25) is 0 Å². The predicted octanol–water partition coefficient (Wildman–Crippen LogP) is 3.46. The van der Waals surface area contributed by atoms with Crippen molar-refractivity contribution in [2.24, 2.45) is 9.98 Å². The molecule has 0 N–H and O–H groups in total. The van der Waals surface area contributed by atoms with E-state index in [0.29, 0.717) is 22.6 Å². The Balaban J connectivity index is 4.94. The van der Waals surface area contributed by atoms with Crippen LogP contribution in [0.1, 0.15) is 34.6 Å². The van der Waals surface area contributed by atoms with Crippen LogP contribution in [0.4, 0.5) is 0 Å². The normalized spacial score (nSPS) is 14.4. The van der Waals surface area contributed by atoms with Gasteiger partial charge in [0.15, 0.2) is 5.78 Å². The molecular formula is C15H22N2O2. The fraction of sp³-hybridized carbons (Fsp3) is 0.400. The van der Waals surface area contributed by atoms with E-state index in [-0.39, 0.29) is 5.78 Å². The number of carbonyl (C=O) groups is 1. The first-order chi connectivity index (χ1) is 8.79. The number of carbonyl (C=O) groups excluding carboxylic acids is 1. The monoisotopic (exact) mass is 262 g/mol. The summed E-state index contributed by atoms with van der Waals surface area (Å²) in [5.41, 5.74) is 2.77. The Morgan fingerprint density at radius 2 is 1.74 bits per heavy atom. The molecule has 0 aromatic heterocycles. The molecule has 4 heteroatoms. The van der Waals surface area contributed by atoms with Crippen molar-refractivity contribution in [1.82, 2.24) is 0 Å². The van der Waals surface area contributed by atoms with Crippen molar-refractivity contribution < 1.29 is 9.53 Å². The van der Waals surface area contributed by atoms with E-state index >= 15 is 0 Å². The van der Waals surface area contributed by atoms with Gasteiger partial charge in [-0.1, -0.05) is 6.58 Å². The van der Waals surface area contributed by atoms with Gasteiger partial charge in [0.2, 0.25) is 0 Å². The van der Waals surface area contributed by atoms with Crippen LogP contribution in [0.15, 0.2) is 45.4 Å². The lowest BCUT2D eigenvalue weighted by atomic mass is 10.1. The van der Waals surface area contributed by atoms with Crippen LogP contribution in [0.5, 0.6) is 0 Å². The number of ether oxygens (including phenoxy) is 1. The van der Waals surface area contributed by atoms with Gasteiger partial charge in [-0.15, -0.1) is 0 Å². The molecule has 0 atom stereocenters. The highest BCUT2D eigenvalue weighted by molar-refractivity contribution is 6.15. The molecule has 0 saturated heterocycles. The van der Waals surface area contributed by atoms with E-state index in [1.54, 1.807) is 33.4 Å². The molecule has 0 rings (SSSR count). The maximum Gasteiger partial charge on any atom is 0.157 e. The highest BCUT2D eigenvalue weighted by atomic mass is 16.5. The van der Waals surface area contributed by atoms with Crippen molar-refractivity contribution in [1.29, 1.82) is 0 Å². The Kier molecular flexibility index (Phi) is 7.34. The van der Waals surface area contributed by atoms with Crippen LogP contribution in [-0.4, -0.2) is 24.8 Å². The van der Waals surface area contributed by atoms with E-state index in [4.69, 9.17) is 4.74 Å². The third-order valence-corrected chi connectivity index (χ3v) is 2.68. The van der Waals surface area contributed by atoms with E-state index in [1.807, 2.05) is 13.8 Å². The molecule has 0 unspecified atom stereocenters. The van der Waals surface area contributed by atoms with Crippen molar-refractivity contribution in [2.75, 3.05) is 7.11 Å². The summed E-state index contributed by atoms with van der Waals surface area (Å²) in [5.74, 6) is 0.731. The van der Waals surface area contributed by atoms with Gasteiger partial charge in [-0.25, -0.2) is 0 Å². The van der Waals surface area contributed by atoms with Gasteiger partial charge in [-0.05, 0) is 34.6 Å². The van der Waals surface area contributed by atoms with Gasteiger partial charge in [-0.3, -0.25) is 14.8 Å². The van der Waals surface area contributed by atoms with Gasteiger partial charge in [0.1, 0.15) is 5.76 Å². The van der Waals surface area contributed by atoms with Gasteiger partial charge in [-0.2, -0.15) is 0 Å². The molecule has 0 aliphatic rings. The molecule has 0 aromatic rings. The standard InChI is InChI=1S/C15H22N2O2/c1-10(8-16-9-11(2)19-7)13(4)17-14(5)12(3)15(6)18/h8-9H,1H2,2-7H3/b11-9+,14-12+,16-8-,17-13+. The average Bonchev–Trinajstić information content (AvgIpc) is 2.36. The Bertz CT molecular complexity index is 480. The van der Waals surface area contributed by atoms with Crippen LogP contribution >= 0.6 is 0 Å². The van der Waals surface area contributed by atoms with Gasteiger partial charge < -0.3 is 4.74 Å². The highest BCUT2D eigenvalue weighted by Crippen LogP contribution is 2.08. The average molecular weight is 262 g/mol. The molecule has 0 aliphatic heterocycles. The van der Waals surface area contributed by atoms with Crippen LogP contribution < -0.4 is 0 Å². The molecule has 0 heterocycles. The fourth-order valence-electron chi connectivity index (χ4n) is 1.04. The Morgan fingerprint density at radius 3 is 2.21 bits per heavy atom. The lowest BCUT2D eigenvalue weighted by Crippen LogP contribution is -2.00. The van der Waals surface area contributed by atoms with Crippen molar-refractivity contribution >= 4 is 17.7 Å². The van der Waals surface area contributed by atoms with Crippen molar-refractivity contribution in [3.63, 3.8) is 0 Å². The van der Waals surface area contributed by atoms with E-state index in [0.717, 1.165) is 5.71 Å². The number of ketones is 1. The zero-order chi connectivity index (χ0) is 15.0. The molecule has 0 fully saturated rings. The molecule has 0 bridgehead atoms. The molecule has 104 valence electrons. The lowest BCUT2D eigenvalue weighted by molar-refractivity contribution is -0.113. The number of aliphatic imine (C=N–C) groups is 2. The second-order valence-corrected chi connectivity index (χ2v) is 4.21. The minimum Gasteiger partial charge on any atom is -0.500 e. The second kappa shape index (κ2) is 8.19. The molecule has 0 amide bonds. The van der Waals surface area contributed by atoms with Gasteiger partial charge >= 0.3 is 0 Å². The van der Waals surface area contributed by atoms with Crippen LogP contribution in [-0.2, 0) is 9.53 Å². The third-order valence-electron chi connectivity index (χ3n) is 2.68. The molecule has 0 saturated carbocycles. The molecule has 0 spiro atoms. The number of allylic oxidation sites excluding steroid dienone is 4. The summed E-state index contributed by atoms with van der Waals surface area (Å²) in [4.78, 5) is 19.6. The second-order valence-electron chi connectivity index (χ2n) is 4.21. The number of Topliss-reactive ketones (excluding diaryl/α,β-unsaturated/α-hetero) is 1. The number of nitrogens with zero attached hydrogens (tertiary/aromatic N) is 2. The van der Waals surface area contributed by atoms with E-state index in [9.17, 15) is 4.79 Å². The van der Waals surface area contributed by atoms with Crippen LogP contribution in [0.25, 0.3) is 0 Å². The quantitative estimate of drug-likeness (QED) is 0.418. The van der Waals surface area contributed by atoms with Gasteiger partial charge in [0.25, 0.3) is 0 Å². The summed E-state index contributed by atoms with van der Waals surface area (Å²) in [6.07, 6.45) is 3.21. The molecule has 0 radical (unpaired) electrons. The zero-order valence-corrected chi connectivity index (χ0v) is 12.6. The molecule has 19 heavy (non-hydrogen) atoms. The first-order valence-corrected chi connectivity index (χ1v) is 5.96. The number of hydrogen-bond acceptors (Lipinski definition) is 4.